The summed E-state index contributed by atoms with van der Waals surface area (Å²) in [6.45, 7) is 5.31. The van der Waals surface area contributed by atoms with Crippen LogP contribution in [0, 0.1) is 6.92 Å². The molecule has 0 unspecified atom stereocenters. The van der Waals surface area contributed by atoms with Gasteiger partial charge in [-0.1, -0.05) is 11.8 Å². The van der Waals surface area contributed by atoms with Crippen LogP contribution in [-0.4, -0.2) is 45.6 Å². The molecule has 0 aliphatic carbocycles. The molecule has 1 aromatic heterocycles. The van der Waals surface area contributed by atoms with Gasteiger partial charge in [0.25, 0.3) is 0 Å². The molecule has 0 aliphatic heterocycles. The lowest BCUT2D eigenvalue weighted by Gasteiger charge is -1.99. The van der Waals surface area contributed by atoms with E-state index in [1.54, 1.807) is 42.7 Å². The van der Waals surface area contributed by atoms with Gasteiger partial charge in [0.2, 0.25) is 0 Å². The Kier molecular flexibility index (Phi) is 16.1. The zero-order valence-electron chi connectivity index (χ0n) is 14.5. The lowest BCUT2D eigenvalue weighted by Crippen LogP contribution is -2.03. The molecule has 0 spiro atoms. The van der Waals surface area contributed by atoms with Crippen molar-refractivity contribution in [2.45, 2.75) is 13.8 Å². The Morgan fingerprint density at radius 1 is 1.12 bits per heavy atom. The zero-order valence-corrected chi connectivity index (χ0v) is 15.3. The molecule has 3 N–H and O–H groups in total. The van der Waals surface area contributed by atoms with Gasteiger partial charge in [0.15, 0.2) is 10.9 Å². The smallest absolute Gasteiger partial charge is 0.186 e. The quantitative estimate of drug-likeness (QED) is 0.625. The van der Waals surface area contributed by atoms with Gasteiger partial charge in [-0.2, -0.15) is 0 Å². The molecule has 8 heteroatoms. The van der Waals surface area contributed by atoms with Crippen molar-refractivity contribution >= 4 is 35.1 Å². The van der Waals surface area contributed by atoms with Crippen LogP contribution in [0.2, 0.25) is 0 Å². The number of aryl methyl sites for hydroxylation is 1. The molecule has 7 nitrogen and oxygen atoms in total. The fraction of sp³-hybridized carbons (Fsp3) is 0.235. The SMILES string of the molecule is C=O.CC(=O)SCC(=O)c1ccc(N)cc1.CO.Cc1ncccn1. The summed E-state index contributed by atoms with van der Waals surface area (Å²) in [4.78, 5) is 37.8. The molecule has 136 valence electrons. The fourth-order valence-electron chi connectivity index (χ4n) is 1.29. The number of hydrogen-bond acceptors (Lipinski definition) is 8. The topological polar surface area (TPSA) is 123 Å². The van der Waals surface area contributed by atoms with Gasteiger partial charge in [-0.15, -0.1) is 0 Å². The summed E-state index contributed by atoms with van der Waals surface area (Å²) < 4.78 is 0. The van der Waals surface area contributed by atoms with Gasteiger partial charge in [-0.05, 0) is 37.3 Å². The molecule has 2 aromatic rings. The number of carbonyl (C=O) groups excluding carboxylic acids is 3. The second-order valence-electron chi connectivity index (χ2n) is 4.12. The fourth-order valence-corrected chi connectivity index (χ4v) is 1.79. The number of ketones is 1. The highest BCUT2D eigenvalue weighted by atomic mass is 32.2. The number of nitrogens with zero attached hydrogens (tertiary/aromatic N) is 2. The first kappa shape index (κ1) is 24.7. The van der Waals surface area contributed by atoms with Crippen LogP contribution in [0.3, 0.4) is 0 Å². The molecule has 0 amide bonds. The molecule has 1 heterocycles. The molecule has 25 heavy (non-hydrogen) atoms. The number of aliphatic hydroxyl groups excluding tert-OH is 1. The second kappa shape index (κ2) is 16.3. The van der Waals surface area contributed by atoms with Crippen LogP contribution in [0.25, 0.3) is 0 Å². The average Bonchev–Trinajstić information content (AvgIpc) is 2.65. The van der Waals surface area contributed by atoms with Crippen molar-refractivity contribution in [1.82, 2.24) is 9.97 Å². The molecule has 2 rings (SSSR count). The Morgan fingerprint density at radius 3 is 1.96 bits per heavy atom. The lowest BCUT2D eigenvalue weighted by atomic mass is 10.1. The van der Waals surface area contributed by atoms with Crippen molar-refractivity contribution in [2.24, 2.45) is 0 Å². The van der Waals surface area contributed by atoms with Crippen LogP contribution in [-0.2, 0) is 9.59 Å². The van der Waals surface area contributed by atoms with Crippen molar-refractivity contribution in [3.05, 3.63) is 54.1 Å². The molecular weight excluding hydrogens is 342 g/mol. The molecule has 0 bridgehead atoms. The minimum Gasteiger partial charge on any atom is -0.400 e. The number of carbonyl (C=O) groups is 3. The normalized spacial score (nSPS) is 8.32. The van der Waals surface area contributed by atoms with E-state index in [9.17, 15) is 9.59 Å². The summed E-state index contributed by atoms with van der Waals surface area (Å²) in [7, 11) is 1.00. The number of benzene rings is 1. The summed E-state index contributed by atoms with van der Waals surface area (Å²) in [6.07, 6.45) is 3.45. The zero-order chi connectivity index (χ0) is 19.7. The van der Waals surface area contributed by atoms with Gasteiger partial charge in [0.05, 0.1) is 5.75 Å². The molecule has 0 radical (unpaired) electrons. The summed E-state index contributed by atoms with van der Waals surface area (Å²) in [5, 5.41) is 6.95. The Labute approximate surface area is 151 Å². The van der Waals surface area contributed by atoms with E-state index < -0.39 is 0 Å². The third-order valence-electron chi connectivity index (χ3n) is 2.33. The molecular formula is C17H23N3O4S. The number of thioether (sulfide) groups is 1. The third-order valence-corrected chi connectivity index (χ3v) is 3.15. The summed E-state index contributed by atoms with van der Waals surface area (Å²) in [6, 6.07) is 8.47. The lowest BCUT2D eigenvalue weighted by molar-refractivity contribution is -0.109. The maximum atomic E-state index is 11.4. The third kappa shape index (κ3) is 13.5. The van der Waals surface area contributed by atoms with Crippen LogP contribution < -0.4 is 5.73 Å². The summed E-state index contributed by atoms with van der Waals surface area (Å²) in [5.41, 5.74) is 6.69. The Balaban J connectivity index is 0. The van der Waals surface area contributed by atoms with Gasteiger partial charge in [-0.3, -0.25) is 9.59 Å². The number of aliphatic hydroxyl groups is 1. The van der Waals surface area contributed by atoms with Crippen LogP contribution >= 0.6 is 11.8 Å². The van der Waals surface area contributed by atoms with Gasteiger partial charge >= 0.3 is 0 Å². The van der Waals surface area contributed by atoms with Gasteiger partial charge in [0.1, 0.15) is 12.6 Å². The molecule has 0 fully saturated rings. The number of anilines is 1. The number of nitrogens with two attached hydrogens (primary N) is 1. The van der Waals surface area contributed by atoms with Gasteiger partial charge in [-0.25, -0.2) is 9.97 Å². The summed E-state index contributed by atoms with van der Waals surface area (Å²) >= 11 is 1.02. The van der Waals surface area contributed by atoms with Gasteiger partial charge in [0, 0.05) is 37.7 Å². The molecule has 0 saturated heterocycles. The van der Waals surface area contributed by atoms with E-state index in [1.807, 2.05) is 13.7 Å². The maximum absolute atomic E-state index is 11.4. The first-order valence-electron chi connectivity index (χ1n) is 6.98. The number of Topliss-reactive ketones (excluding diaryl/α,β-unsaturated/α-hetero) is 1. The first-order chi connectivity index (χ1) is 12.0. The highest BCUT2D eigenvalue weighted by Gasteiger charge is 2.06. The van der Waals surface area contributed by atoms with E-state index >= 15 is 0 Å². The van der Waals surface area contributed by atoms with Crippen LogP contribution in [0.1, 0.15) is 23.1 Å². The van der Waals surface area contributed by atoms with E-state index in [2.05, 4.69) is 9.97 Å². The van der Waals surface area contributed by atoms with Crippen LogP contribution in [0.4, 0.5) is 5.69 Å². The number of nitrogen functional groups attached to an aromatic ring is 1. The Hall–Kier alpha value is -2.58. The molecule has 0 aliphatic rings. The number of rotatable bonds is 3. The van der Waals surface area contributed by atoms with Crippen molar-refractivity contribution in [2.75, 3.05) is 18.6 Å². The monoisotopic (exact) mass is 365 g/mol. The highest BCUT2D eigenvalue weighted by Crippen LogP contribution is 2.10. The second-order valence-corrected chi connectivity index (χ2v) is 5.27. The van der Waals surface area contributed by atoms with E-state index in [0.717, 1.165) is 24.7 Å². The molecule has 1 aromatic carbocycles. The van der Waals surface area contributed by atoms with Crippen molar-refractivity contribution in [3.63, 3.8) is 0 Å². The average molecular weight is 365 g/mol. The predicted molar refractivity (Wildman–Crippen MR) is 100 cm³/mol. The number of hydrogen-bond donors (Lipinski definition) is 2. The minimum absolute atomic E-state index is 0.0474. The standard InChI is InChI=1S/C10H11NO2S.C5H6N2.CH4O.CH2O/c1-7(12)14-6-10(13)8-2-4-9(11)5-3-8;1-5-6-3-2-4-7-5;2*1-2/h2-5H,6,11H2,1H3;2-4H,1H3;2H,1H3;1H2. The maximum Gasteiger partial charge on any atom is 0.186 e. The largest absolute Gasteiger partial charge is 0.400 e. The van der Waals surface area contributed by atoms with E-state index in [1.165, 1.54) is 6.92 Å². The Morgan fingerprint density at radius 2 is 1.60 bits per heavy atom. The predicted octanol–water partition coefficient (Wildman–Crippen LogP) is 1.94. The molecule has 0 atom stereocenters. The van der Waals surface area contributed by atoms with E-state index in [-0.39, 0.29) is 16.7 Å². The van der Waals surface area contributed by atoms with Crippen molar-refractivity contribution < 1.29 is 19.5 Å². The van der Waals surface area contributed by atoms with Crippen molar-refractivity contribution in [1.29, 1.82) is 0 Å². The first-order valence-corrected chi connectivity index (χ1v) is 7.97. The van der Waals surface area contributed by atoms with Crippen LogP contribution in [0.15, 0.2) is 42.7 Å². The van der Waals surface area contributed by atoms with Crippen LogP contribution in [0.5, 0.6) is 0 Å². The Bertz CT molecular complexity index is 607. The van der Waals surface area contributed by atoms with E-state index in [4.69, 9.17) is 15.6 Å². The summed E-state index contributed by atoms with van der Waals surface area (Å²) in [5.74, 6) is 0.965. The molecule has 0 saturated carbocycles. The van der Waals surface area contributed by atoms with E-state index in [0.29, 0.717) is 11.3 Å². The van der Waals surface area contributed by atoms with Crippen molar-refractivity contribution in [3.8, 4) is 0 Å². The minimum atomic E-state index is -0.0507. The number of aromatic nitrogens is 2. The van der Waals surface area contributed by atoms with Gasteiger partial charge < -0.3 is 15.6 Å². The highest BCUT2D eigenvalue weighted by molar-refractivity contribution is 8.14.